The second-order valence-electron chi connectivity index (χ2n) is 4.04. The van der Waals surface area contributed by atoms with E-state index in [0.29, 0.717) is 12.0 Å². The minimum Gasteiger partial charge on any atom is -0.351 e. The lowest BCUT2D eigenvalue weighted by atomic mass is 10.1. The van der Waals surface area contributed by atoms with Gasteiger partial charge in [-0.05, 0) is 32.8 Å². The van der Waals surface area contributed by atoms with Gasteiger partial charge in [0.05, 0.1) is 0 Å². The first-order valence-electron chi connectivity index (χ1n) is 5.17. The summed E-state index contributed by atoms with van der Waals surface area (Å²) >= 11 is 3.48. The molecule has 0 fully saturated rings. The van der Waals surface area contributed by atoms with Gasteiger partial charge in [0, 0.05) is 22.8 Å². The SMILES string of the molecule is Cc1cc(C)nc(NC(C)C(C)CBr)n1. The lowest BCUT2D eigenvalue weighted by Gasteiger charge is -2.19. The molecule has 0 radical (unpaired) electrons. The van der Waals surface area contributed by atoms with Crippen LogP contribution in [0.5, 0.6) is 0 Å². The van der Waals surface area contributed by atoms with Crippen LogP contribution in [0.4, 0.5) is 5.95 Å². The molecule has 3 nitrogen and oxygen atoms in total. The Bertz CT molecular complexity index is 307. The number of nitrogens with zero attached hydrogens (tertiary/aromatic N) is 2. The molecule has 0 amide bonds. The van der Waals surface area contributed by atoms with Gasteiger partial charge >= 0.3 is 0 Å². The molecule has 0 saturated carbocycles. The normalized spacial score (nSPS) is 14.7. The molecule has 0 aliphatic heterocycles. The van der Waals surface area contributed by atoms with Crippen LogP contribution in [-0.2, 0) is 0 Å². The summed E-state index contributed by atoms with van der Waals surface area (Å²) in [5.41, 5.74) is 2.01. The molecule has 1 rings (SSSR count). The van der Waals surface area contributed by atoms with Crippen LogP contribution < -0.4 is 5.32 Å². The van der Waals surface area contributed by atoms with Gasteiger partial charge in [-0.15, -0.1) is 0 Å². The van der Waals surface area contributed by atoms with Crippen LogP contribution >= 0.6 is 15.9 Å². The van der Waals surface area contributed by atoms with Gasteiger partial charge in [0.25, 0.3) is 0 Å². The molecule has 0 spiro atoms. The number of anilines is 1. The molecular weight excluding hydrogens is 254 g/mol. The van der Waals surface area contributed by atoms with Gasteiger partial charge in [-0.2, -0.15) is 0 Å². The van der Waals surface area contributed by atoms with Crippen LogP contribution in [0, 0.1) is 19.8 Å². The maximum absolute atomic E-state index is 4.35. The molecular formula is C11H18BrN3. The van der Waals surface area contributed by atoms with Crippen molar-refractivity contribution in [2.24, 2.45) is 5.92 Å². The van der Waals surface area contributed by atoms with Gasteiger partial charge in [0.2, 0.25) is 5.95 Å². The number of hydrogen-bond donors (Lipinski definition) is 1. The molecule has 0 aliphatic carbocycles. The minimum absolute atomic E-state index is 0.366. The molecule has 84 valence electrons. The number of alkyl halides is 1. The van der Waals surface area contributed by atoms with Crippen molar-refractivity contribution < 1.29 is 0 Å². The molecule has 15 heavy (non-hydrogen) atoms. The minimum atomic E-state index is 0.366. The predicted octanol–water partition coefficient (Wildman–Crippen LogP) is 2.92. The molecule has 0 aliphatic rings. The molecule has 1 N–H and O–H groups in total. The van der Waals surface area contributed by atoms with E-state index >= 15 is 0 Å². The first-order valence-corrected chi connectivity index (χ1v) is 6.30. The summed E-state index contributed by atoms with van der Waals surface area (Å²) < 4.78 is 0. The van der Waals surface area contributed by atoms with E-state index in [0.717, 1.165) is 22.7 Å². The highest BCUT2D eigenvalue weighted by Crippen LogP contribution is 2.11. The van der Waals surface area contributed by atoms with Gasteiger partial charge in [0.1, 0.15) is 0 Å². The Balaban J connectivity index is 2.72. The molecule has 1 aromatic rings. The highest BCUT2D eigenvalue weighted by atomic mass is 79.9. The largest absolute Gasteiger partial charge is 0.351 e. The van der Waals surface area contributed by atoms with Crippen molar-refractivity contribution in [1.82, 2.24) is 9.97 Å². The van der Waals surface area contributed by atoms with Gasteiger partial charge in [-0.1, -0.05) is 22.9 Å². The van der Waals surface area contributed by atoms with Crippen molar-refractivity contribution in [3.8, 4) is 0 Å². The molecule has 0 bridgehead atoms. The molecule has 0 saturated heterocycles. The van der Waals surface area contributed by atoms with Gasteiger partial charge in [0.15, 0.2) is 0 Å². The highest BCUT2D eigenvalue weighted by molar-refractivity contribution is 9.09. The van der Waals surface area contributed by atoms with Crippen LogP contribution in [0.1, 0.15) is 25.2 Å². The van der Waals surface area contributed by atoms with Crippen LogP contribution in [0.15, 0.2) is 6.07 Å². The Morgan fingerprint density at radius 2 is 1.80 bits per heavy atom. The van der Waals surface area contributed by atoms with E-state index in [2.05, 4.69) is 45.1 Å². The van der Waals surface area contributed by atoms with Crippen LogP contribution in [0.3, 0.4) is 0 Å². The number of aromatic nitrogens is 2. The van der Waals surface area contributed by atoms with E-state index < -0.39 is 0 Å². The molecule has 4 heteroatoms. The van der Waals surface area contributed by atoms with E-state index in [1.807, 2.05) is 19.9 Å². The zero-order chi connectivity index (χ0) is 11.4. The van der Waals surface area contributed by atoms with E-state index in [1.54, 1.807) is 0 Å². The second-order valence-corrected chi connectivity index (χ2v) is 4.69. The third-order valence-electron chi connectivity index (χ3n) is 2.44. The molecule has 1 heterocycles. The van der Waals surface area contributed by atoms with E-state index in [-0.39, 0.29) is 0 Å². The molecule has 0 aromatic carbocycles. The summed E-state index contributed by atoms with van der Waals surface area (Å²) in [6, 6.07) is 2.34. The zero-order valence-electron chi connectivity index (χ0n) is 9.71. The predicted molar refractivity (Wildman–Crippen MR) is 67.5 cm³/mol. The quantitative estimate of drug-likeness (QED) is 0.856. The second kappa shape index (κ2) is 5.45. The Labute approximate surface area is 99.8 Å². The summed E-state index contributed by atoms with van der Waals surface area (Å²) in [5, 5.41) is 4.30. The maximum atomic E-state index is 4.35. The average molecular weight is 272 g/mol. The lowest BCUT2D eigenvalue weighted by Crippen LogP contribution is -2.26. The van der Waals surface area contributed by atoms with E-state index in [1.165, 1.54) is 0 Å². The van der Waals surface area contributed by atoms with Gasteiger partial charge in [-0.3, -0.25) is 0 Å². The van der Waals surface area contributed by atoms with Gasteiger partial charge < -0.3 is 5.32 Å². The molecule has 2 unspecified atom stereocenters. The summed E-state index contributed by atoms with van der Waals surface area (Å²) in [5.74, 6) is 1.28. The fourth-order valence-corrected chi connectivity index (χ4v) is 1.83. The number of rotatable bonds is 4. The van der Waals surface area contributed by atoms with E-state index in [4.69, 9.17) is 0 Å². The third kappa shape index (κ3) is 3.78. The zero-order valence-corrected chi connectivity index (χ0v) is 11.3. The van der Waals surface area contributed by atoms with Crippen molar-refractivity contribution in [3.63, 3.8) is 0 Å². The Morgan fingerprint density at radius 3 is 2.27 bits per heavy atom. The van der Waals surface area contributed by atoms with Gasteiger partial charge in [-0.25, -0.2) is 9.97 Å². The summed E-state index contributed by atoms with van der Waals surface area (Å²) in [4.78, 5) is 8.71. The number of halogens is 1. The topological polar surface area (TPSA) is 37.8 Å². The summed E-state index contributed by atoms with van der Waals surface area (Å²) in [7, 11) is 0. The number of aryl methyl sites for hydroxylation is 2. The first-order chi connectivity index (χ1) is 7.02. The van der Waals surface area contributed by atoms with Crippen LogP contribution in [0.25, 0.3) is 0 Å². The average Bonchev–Trinajstić information content (AvgIpc) is 2.14. The Morgan fingerprint density at radius 1 is 1.27 bits per heavy atom. The lowest BCUT2D eigenvalue weighted by molar-refractivity contribution is 0.568. The van der Waals surface area contributed by atoms with Crippen molar-refractivity contribution in [3.05, 3.63) is 17.5 Å². The highest BCUT2D eigenvalue weighted by Gasteiger charge is 2.11. The smallest absolute Gasteiger partial charge is 0.223 e. The maximum Gasteiger partial charge on any atom is 0.223 e. The monoisotopic (exact) mass is 271 g/mol. The number of hydrogen-bond acceptors (Lipinski definition) is 3. The van der Waals surface area contributed by atoms with Crippen molar-refractivity contribution in [2.75, 3.05) is 10.6 Å². The van der Waals surface area contributed by atoms with Crippen LogP contribution in [0.2, 0.25) is 0 Å². The third-order valence-corrected chi connectivity index (χ3v) is 3.46. The number of nitrogens with one attached hydrogen (secondary N) is 1. The fraction of sp³-hybridized carbons (Fsp3) is 0.636. The van der Waals surface area contributed by atoms with Crippen molar-refractivity contribution >= 4 is 21.9 Å². The Hall–Kier alpha value is -0.640. The van der Waals surface area contributed by atoms with Crippen LogP contribution in [-0.4, -0.2) is 21.3 Å². The molecule has 1 aromatic heterocycles. The summed E-state index contributed by atoms with van der Waals surface area (Å²) in [6.07, 6.45) is 0. The Kier molecular flexibility index (Phi) is 4.51. The standard InChI is InChI=1S/C11H18BrN3/c1-7(6-12)10(4)15-11-13-8(2)5-9(3)14-11/h5,7,10H,6H2,1-4H3,(H,13,14,15). The van der Waals surface area contributed by atoms with E-state index in [9.17, 15) is 0 Å². The first kappa shape index (κ1) is 12.4. The fourth-order valence-electron chi connectivity index (χ4n) is 1.27. The van der Waals surface area contributed by atoms with Crippen molar-refractivity contribution in [1.29, 1.82) is 0 Å². The van der Waals surface area contributed by atoms with Crippen molar-refractivity contribution in [2.45, 2.75) is 33.7 Å². The molecule has 2 atom stereocenters. The summed E-state index contributed by atoms with van der Waals surface area (Å²) in [6.45, 7) is 8.30.